The summed E-state index contributed by atoms with van der Waals surface area (Å²) in [6.07, 6.45) is 7.80. The Hall–Kier alpha value is -1.90. The molecule has 1 N–H and O–H groups in total. The predicted octanol–water partition coefficient (Wildman–Crippen LogP) is 5.01. The van der Waals surface area contributed by atoms with Gasteiger partial charge >= 0.3 is 0 Å². The maximum absolute atomic E-state index is 12.8. The van der Waals surface area contributed by atoms with Crippen molar-refractivity contribution in [2.24, 2.45) is 11.8 Å². The Morgan fingerprint density at radius 2 is 1.86 bits per heavy atom. The molecule has 2 aliphatic rings. The monoisotopic (exact) mass is 517 g/mol. The van der Waals surface area contributed by atoms with Gasteiger partial charge in [0.2, 0.25) is 0 Å². The predicted molar refractivity (Wildman–Crippen MR) is 145 cm³/mol. The number of hydrogen-bond acceptors (Lipinski definition) is 5. The second-order valence-electron chi connectivity index (χ2n) is 9.96. The molecule has 6 nitrogen and oxygen atoms in total. The number of pyridine rings is 1. The minimum Gasteiger partial charge on any atom is -0.346 e. The number of benzene rings is 1. The molecule has 1 atom stereocenters. The Kier molecular flexibility index (Phi) is 9.40. The summed E-state index contributed by atoms with van der Waals surface area (Å²) in [5.74, 6) is 1.56. The third-order valence-electron chi connectivity index (χ3n) is 7.56. The molecule has 0 radical (unpaired) electrons. The minimum atomic E-state index is -3.27. The van der Waals surface area contributed by atoms with Gasteiger partial charge < -0.3 is 5.32 Å². The van der Waals surface area contributed by atoms with E-state index in [4.69, 9.17) is 0 Å². The lowest BCUT2D eigenvalue weighted by Gasteiger charge is -2.32. The summed E-state index contributed by atoms with van der Waals surface area (Å²) in [4.78, 5) is 19.9. The number of nitrogens with zero attached hydrogens (tertiary/aromatic N) is 2. The second kappa shape index (κ2) is 11.9. The molecule has 4 rings (SSSR count). The number of sulfone groups is 1. The first-order valence-corrected chi connectivity index (χ1v) is 14.3. The van der Waals surface area contributed by atoms with Gasteiger partial charge in [-0.3, -0.25) is 14.7 Å². The normalized spacial score (nSPS) is 22.3. The number of amides is 1. The summed E-state index contributed by atoms with van der Waals surface area (Å²) >= 11 is 0. The highest BCUT2D eigenvalue weighted by Crippen LogP contribution is 2.39. The maximum Gasteiger partial charge on any atom is 0.251 e. The van der Waals surface area contributed by atoms with Crippen molar-refractivity contribution in [3.63, 3.8) is 0 Å². The van der Waals surface area contributed by atoms with Crippen LogP contribution in [0.4, 0.5) is 0 Å². The SMILES string of the molecule is CC[C@H]1c2ccc(C(=O)NCc3ccc(S(=O)(=O)CC)cn3)cc2CN1CC1CCC(C)CC1.S. The van der Waals surface area contributed by atoms with Crippen LogP contribution in [0.25, 0.3) is 0 Å². The molecular formula is C27H39N3O3S2. The highest BCUT2D eigenvalue weighted by Gasteiger charge is 2.31. The fourth-order valence-corrected chi connectivity index (χ4v) is 6.21. The maximum atomic E-state index is 12.8. The van der Waals surface area contributed by atoms with E-state index in [0.29, 0.717) is 17.3 Å². The van der Waals surface area contributed by atoms with Crippen LogP contribution in [0.2, 0.25) is 0 Å². The third kappa shape index (κ3) is 6.46. The van der Waals surface area contributed by atoms with Gasteiger partial charge in [-0.05, 0) is 66.5 Å². The van der Waals surface area contributed by atoms with Gasteiger partial charge in [-0.25, -0.2) is 8.42 Å². The molecule has 1 saturated carbocycles. The van der Waals surface area contributed by atoms with E-state index < -0.39 is 9.84 Å². The zero-order chi connectivity index (χ0) is 24.3. The Morgan fingerprint density at radius 1 is 1.11 bits per heavy atom. The van der Waals surface area contributed by atoms with E-state index in [9.17, 15) is 13.2 Å². The largest absolute Gasteiger partial charge is 0.346 e. The van der Waals surface area contributed by atoms with E-state index in [2.05, 4.69) is 35.1 Å². The quantitative estimate of drug-likeness (QED) is 0.532. The number of nitrogens with one attached hydrogen (secondary N) is 1. The molecule has 1 aliphatic carbocycles. The Morgan fingerprint density at radius 3 is 2.49 bits per heavy atom. The second-order valence-corrected chi connectivity index (χ2v) is 12.2. The van der Waals surface area contributed by atoms with E-state index in [-0.39, 0.29) is 36.6 Å². The summed E-state index contributed by atoms with van der Waals surface area (Å²) in [6, 6.07) is 9.74. The molecule has 2 heterocycles. The van der Waals surface area contributed by atoms with Crippen LogP contribution in [-0.4, -0.2) is 36.5 Å². The van der Waals surface area contributed by atoms with Crippen molar-refractivity contribution < 1.29 is 13.2 Å². The van der Waals surface area contributed by atoms with Crippen molar-refractivity contribution in [2.75, 3.05) is 12.3 Å². The first-order valence-electron chi connectivity index (χ1n) is 12.6. The van der Waals surface area contributed by atoms with Gasteiger partial charge in [0.25, 0.3) is 5.91 Å². The molecule has 2 aromatic rings. The van der Waals surface area contributed by atoms with Gasteiger partial charge in [0, 0.05) is 30.9 Å². The summed E-state index contributed by atoms with van der Waals surface area (Å²) in [5, 5.41) is 2.92. The molecule has 0 spiro atoms. The third-order valence-corrected chi connectivity index (χ3v) is 9.28. The van der Waals surface area contributed by atoms with E-state index in [1.165, 1.54) is 43.0 Å². The number of carbonyl (C=O) groups excluding carboxylic acids is 1. The summed E-state index contributed by atoms with van der Waals surface area (Å²) in [7, 11) is -3.27. The molecule has 1 aromatic carbocycles. The van der Waals surface area contributed by atoms with Crippen LogP contribution >= 0.6 is 13.5 Å². The average Bonchev–Trinajstić information content (AvgIpc) is 3.20. The van der Waals surface area contributed by atoms with E-state index in [0.717, 1.165) is 31.3 Å². The van der Waals surface area contributed by atoms with Gasteiger partial charge in [0.1, 0.15) is 0 Å². The minimum absolute atomic E-state index is 0. The van der Waals surface area contributed by atoms with Crippen LogP contribution in [0.1, 0.15) is 86.1 Å². The fourth-order valence-electron chi connectivity index (χ4n) is 5.39. The number of carbonyl (C=O) groups is 1. The molecule has 0 bridgehead atoms. The smallest absolute Gasteiger partial charge is 0.251 e. The molecule has 35 heavy (non-hydrogen) atoms. The van der Waals surface area contributed by atoms with Crippen molar-refractivity contribution in [1.29, 1.82) is 0 Å². The topological polar surface area (TPSA) is 79.4 Å². The highest BCUT2D eigenvalue weighted by molar-refractivity contribution is 7.91. The van der Waals surface area contributed by atoms with Crippen LogP contribution < -0.4 is 5.32 Å². The van der Waals surface area contributed by atoms with Crippen LogP contribution in [-0.2, 0) is 22.9 Å². The lowest BCUT2D eigenvalue weighted by molar-refractivity contribution is 0.0950. The molecule has 0 saturated heterocycles. The first-order chi connectivity index (χ1) is 16.3. The average molecular weight is 518 g/mol. The molecule has 1 amide bonds. The van der Waals surface area contributed by atoms with Crippen molar-refractivity contribution in [3.05, 3.63) is 58.9 Å². The number of aromatic nitrogens is 1. The molecular weight excluding hydrogens is 478 g/mol. The molecule has 1 fully saturated rings. The summed E-state index contributed by atoms with van der Waals surface area (Å²) < 4.78 is 23.9. The number of fused-ring (bicyclic) bond motifs is 1. The fraction of sp³-hybridized carbons (Fsp3) is 0.556. The Labute approximate surface area is 217 Å². The van der Waals surface area contributed by atoms with Crippen molar-refractivity contribution in [2.45, 2.75) is 76.9 Å². The molecule has 0 unspecified atom stereocenters. The standard InChI is InChI=1S/C27H37N3O3S.H2S/c1-4-26-25-13-10-21(14-22(25)18-30(26)17-20-8-6-19(3)7-9-20)27(31)29-15-23-11-12-24(16-28-23)34(32,33)5-2;/h10-14,16,19-20,26H,4-9,15,17-18H2,1-3H3,(H,29,31);1H2/t19?,20?,26-;/m0./s1. The van der Waals surface area contributed by atoms with Crippen molar-refractivity contribution in [3.8, 4) is 0 Å². The number of hydrogen-bond donors (Lipinski definition) is 1. The van der Waals surface area contributed by atoms with Gasteiger partial charge in [-0.1, -0.05) is 39.7 Å². The van der Waals surface area contributed by atoms with Gasteiger partial charge in [0.15, 0.2) is 9.84 Å². The lowest BCUT2D eigenvalue weighted by atomic mass is 9.82. The Balaban J connectivity index is 0.00000342. The summed E-state index contributed by atoms with van der Waals surface area (Å²) in [5.41, 5.74) is 3.91. The van der Waals surface area contributed by atoms with Gasteiger partial charge in [-0.15, -0.1) is 0 Å². The highest BCUT2D eigenvalue weighted by atomic mass is 32.2. The zero-order valence-corrected chi connectivity index (χ0v) is 22.9. The molecule has 8 heteroatoms. The first kappa shape index (κ1) is 27.7. The Bertz CT molecular complexity index is 1110. The molecule has 1 aromatic heterocycles. The van der Waals surface area contributed by atoms with Crippen LogP contribution in [0, 0.1) is 11.8 Å². The molecule has 192 valence electrons. The molecule has 1 aliphatic heterocycles. The zero-order valence-electron chi connectivity index (χ0n) is 21.1. The van der Waals surface area contributed by atoms with E-state index in [1.54, 1.807) is 19.1 Å². The van der Waals surface area contributed by atoms with Gasteiger partial charge in [-0.2, -0.15) is 13.5 Å². The summed E-state index contributed by atoms with van der Waals surface area (Å²) in [6.45, 7) is 8.54. The van der Waals surface area contributed by atoms with Crippen molar-refractivity contribution in [1.82, 2.24) is 15.2 Å². The van der Waals surface area contributed by atoms with Crippen LogP contribution in [0.5, 0.6) is 0 Å². The number of rotatable bonds is 8. The van der Waals surface area contributed by atoms with E-state index in [1.807, 2.05) is 12.1 Å². The van der Waals surface area contributed by atoms with E-state index >= 15 is 0 Å². The van der Waals surface area contributed by atoms with Gasteiger partial charge in [0.05, 0.1) is 22.9 Å². The lowest BCUT2D eigenvalue weighted by Crippen LogP contribution is -2.30. The van der Waals surface area contributed by atoms with Crippen LogP contribution in [0.15, 0.2) is 41.4 Å². The van der Waals surface area contributed by atoms with Crippen LogP contribution in [0.3, 0.4) is 0 Å². The van der Waals surface area contributed by atoms with Crippen molar-refractivity contribution >= 4 is 29.2 Å².